The summed E-state index contributed by atoms with van der Waals surface area (Å²) in [6.07, 6.45) is 34.1. The Hall–Kier alpha value is 0.180. The Morgan fingerprint density at radius 3 is 0.860 bits per heavy atom. The lowest BCUT2D eigenvalue weighted by atomic mass is 10.0. The van der Waals surface area contributed by atoms with Crippen molar-refractivity contribution in [3.8, 4) is 0 Å². The molecule has 43 heavy (non-hydrogen) atoms. The number of rotatable bonds is 36. The first-order chi connectivity index (χ1) is 20.8. The summed E-state index contributed by atoms with van der Waals surface area (Å²) >= 11 is 0. The highest BCUT2D eigenvalue weighted by atomic mass is 31.3. The molecule has 0 aliphatic rings. The second-order valence-corrected chi connectivity index (χ2v) is 14.8. The van der Waals surface area contributed by atoms with E-state index >= 15 is 0 Å². The topological polar surface area (TPSA) is 121 Å². The van der Waals surface area contributed by atoms with E-state index in [1.165, 1.54) is 128 Å². The monoisotopic (exact) mass is 658 g/mol. The van der Waals surface area contributed by atoms with Crippen molar-refractivity contribution in [3.05, 3.63) is 0 Å². The minimum atomic E-state index is -5.14. The van der Waals surface area contributed by atoms with Crippen LogP contribution in [0, 0.1) is 0 Å². The number of hydrogen-bond donors (Lipinski definition) is 2. The molecule has 260 valence electrons. The largest absolute Gasteiger partial charge is 0.538 e. The van der Waals surface area contributed by atoms with Gasteiger partial charge in [0.05, 0.1) is 13.2 Å². The second kappa shape index (κ2) is 32.1. The van der Waals surface area contributed by atoms with Gasteiger partial charge in [0.1, 0.15) is 0 Å². The molecule has 0 aromatic rings. The highest BCUT2D eigenvalue weighted by Crippen LogP contribution is 2.61. The van der Waals surface area contributed by atoms with Crippen molar-refractivity contribution in [3.63, 3.8) is 0 Å². The molecule has 0 aliphatic carbocycles. The molecule has 0 unspecified atom stereocenters. The third-order valence-electron chi connectivity index (χ3n) is 7.66. The van der Waals surface area contributed by atoms with Crippen LogP contribution in [0.2, 0.25) is 0 Å². The third kappa shape index (κ3) is 34.9. The first kappa shape index (κ1) is 43.2. The van der Waals surface area contributed by atoms with Gasteiger partial charge >= 0.3 is 15.6 Å². The molecule has 0 bridgehead atoms. The molecule has 0 aromatic carbocycles. The van der Waals surface area contributed by atoms with Crippen LogP contribution in [0.4, 0.5) is 0 Å². The van der Waals surface area contributed by atoms with Crippen molar-refractivity contribution in [1.82, 2.24) is 0 Å². The fraction of sp³-hybridized carbons (Fsp3) is 1.00. The molecular formula is C32H68O9P2. The van der Waals surface area contributed by atoms with E-state index in [4.69, 9.17) is 19.6 Å². The van der Waals surface area contributed by atoms with Crippen molar-refractivity contribution in [2.45, 2.75) is 194 Å². The standard InChI is InChI=1S/C32H68O9P2/c1-3-5-7-9-11-13-15-17-19-21-23-25-27-29-31-37-39-43(36,41-42(33,34)35)40-38-32-30-28-26-24-22-20-18-16-14-12-10-8-6-4-2/h3-32H2,1-2H3,(H2,33,34,35). The van der Waals surface area contributed by atoms with Gasteiger partial charge in [-0.2, -0.15) is 4.31 Å². The van der Waals surface area contributed by atoms with Gasteiger partial charge in [-0.1, -0.05) is 181 Å². The average molecular weight is 659 g/mol. The highest BCUT2D eigenvalue weighted by Gasteiger charge is 2.39. The van der Waals surface area contributed by atoms with E-state index in [-0.39, 0.29) is 13.2 Å². The summed E-state index contributed by atoms with van der Waals surface area (Å²) in [7, 11) is -9.87. The zero-order valence-corrected chi connectivity index (χ0v) is 29.6. The van der Waals surface area contributed by atoms with Crippen LogP contribution in [0.15, 0.2) is 0 Å². The van der Waals surface area contributed by atoms with E-state index in [1.807, 2.05) is 0 Å². The van der Waals surface area contributed by atoms with Crippen LogP contribution < -0.4 is 0 Å². The van der Waals surface area contributed by atoms with Crippen LogP contribution in [0.1, 0.15) is 194 Å². The SMILES string of the molecule is CCCCCCCCCCCCCCCCOOP(=O)(OOCCCCCCCCCCCCCCCC)OP(=O)(O)O. The van der Waals surface area contributed by atoms with Gasteiger partial charge in [-0.05, 0) is 12.8 Å². The van der Waals surface area contributed by atoms with Gasteiger partial charge in [0.25, 0.3) is 0 Å². The van der Waals surface area contributed by atoms with Gasteiger partial charge < -0.3 is 9.79 Å². The Bertz CT molecular complexity index is 621. The maximum Gasteiger partial charge on any atom is 0.538 e. The van der Waals surface area contributed by atoms with E-state index in [9.17, 15) is 9.13 Å². The van der Waals surface area contributed by atoms with Gasteiger partial charge in [-0.25, -0.2) is 18.9 Å². The zero-order valence-electron chi connectivity index (χ0n) is 27.9. The first-order valence-corrected chi connectivity index (χ1v) is 20.8. The first-order valence-electron chi connectivity index (χ1n) is 17.8. The fourth-order valence-electron chi connectivity index (χ4n) is 5.08. The molecule has 0 atom stereocenters. The Kier molecular flexibility index (Phi) is 32.3. The van der Waals surface area contributed by atoms with Crippen LogP contribution in [-0.4, -0.2) is 23.0 Å². The Balaban J connectivity index is 3.72. The average Bonchev–Trinajstić information content (AvgIpc) is 2.96. The predicted octanol–water partition coefficient (Wildman–Crippen LogP) is 12.1. The molecule has 0 radical (unpaired) electrons. The molecule has 0 saturated heterocycles. The molecule has 0 rings (SSSR count). The van der Waals surface area contributed by atoms with Crippen LogP contribution in [0.3, 0.4) is 0 Å². The van der Waals surface area contributed by atoms with Crippen molar-refractivity contribution in [2.75, 3.05) is 13.2 Å². The maximum atomic E-state index is 12.5. The van der Waals surface area contributed by atoms with Crippen molar-refractivity contribution in [2.24, 2.45) is 0 Å². The Labute approximate surface area is 264 Å². The minimum Gasteiger partial charge on any atom is -0.302 e. The van der Waals surface area contributed by atoms with Crippen LogP contribution in [0.5, 0.6) is 0 Å². The summed E-state index contributed by atoms with van der Waals surface area (Å²) in [6, 6.07) is 0. The lowest BCUT2D eigenvalue weighted by Gasteiger charge is -2.15. The lowest BCUT2D eigenvalue weighted by Crippen LogP contribution is -2.03. The van der Waals surface area contributed by atoms with Crippen molar-refractivity contribution in [1.29, 1.82) is 0 Å². The molecular weight excluding hydrogens is 590 g/mol. The predicted molar refractivity (Wildman–Crippen MR) is 175 cm³/mol. The van der Waals surface area contributed by atoms with E-state index in [2.05, 4.69) is 27.5 Å². The molecule has 0 spiro atoms. The van der Waals surface area contributed by atoms with Crippen molar-refractivity contribution < 1.29 is 42.4 Å². The summed E-state index contributed by atoms with van der Waals surface area (Å²) in [4.78, 5) is 27.9. The van der Waals surface area contributed by atoms with E-state index < -0.39 is 15.6 Å². The quantitative estimate of drug-likeness (QED) is 0.0293. The minimum absolute atomic E-state index is 0.106. The summed E-state index contributed by atoms with van der Waals surface area (Å²) < 4.78 is 37.2. The Morgan fingerprint density at radius 2 is 0.628 bits per heavy atom. The van der Waals surface area contributed by atoms with Gasteiger partial charge in [0, 0.05) is 0 Å². The number of unbranched alkanes of at least 4 members (excludes halogenated alkanes) is 26. The maximum absolute atomic E-state index is 12.5. The second-order valence-electron chi connectivity index (χ2n) is 12.0. The fourth-order valence-corrected chi connectivity index (χ4v) is 6.78. The lowest BCUT2D eigenvalue weighted by molar-refractivity contribution is -0.278. The Morgan fingerprint density at radius 1 is 0.395 bits per heavy atom. The van der Waals surface area contributed by atoms with Crippen LogP contribution >= 0.6 is 15.6 Å². The molecule has 0 fully saturated rings. The van der Waals surface area contributed by atoms with E-state index in [0.717, 1.165) is 38.5 Å². The zero-order chi connectivity index (χ0) is 31.7. The van der Waals surface area contributed by atoms with Crippen molar-refractivity contribution >= 4 is 15.6 Å². The van der Waals surface area contributed by atoms with Crippen LogP contribution in [-0.2, 0) is 32.6 Å². The van der Waals surface area contributed by atoms with E-state index in [0.29, 0.717) is 12.8 Å². The van der Waals surface area contributed by atoms with Gasteiger partial charge in [0.2, 0.25) is 0 Å². The smallest absolute Gasteiger partial charge is 0.302 e. The molecule has 0 amide bonds. The van der Waals surface area contributed by atoms with E-state index in [1.54, 1.807) is 0 Å². The normalized spacial score (nSPS) is 12.4. The van der Waals surface area contributed by atoms with Gasteiger partial charge in [0.15, 0.2) is 0 Å². The molecule has 0 heterocycles. The molecule has 0 saturated carbocycles. The van der Waals surface area contributed by atoms with Crippen LogP contribution in [0.25, 0.3) is 0 Å². The number of hydrogen-bond acceptors (Lipinski definition) is 7. The summed E-state index contributed by atoms with van der Waals surface area (Å²) in [6.45, 7) is 4.71. The molecule has 0 aliphatic heterocycles. The number of phosphoric acid groups is 2. The van der Waals surface area contributed by atoms with Gasteiger partial charge in [-0.3, -0.25) is 0 Å². The molecule has 9 nitrogen and oxygen atoms in total. The molecule has 2 N–H and O–H groups in total. The summed E-state index contributed by atoms with van der Waals surface area (Å²) in [5, 5.41) is 0. The summed E-state index contributed by atoms with van der Waals surface area (Å²) in [5.74, 6) is 0. The molecule has 11 heteroatoms. The third-order valence-corrected chi connectivity index (χ3v) is 9.88. The van der Waals surface area contributed by atoms with Gasteiger partial charge in [-0.15, -0.1) is 9.35 Å². The highest BCUT2D eigenvalue weighted by molar-refractivity contribution is 7.61. The summed E-state index contributed by atoms with van der Waals surface area (Å²) in [5.41, 5.74) is 0. The molecule has 0 aromatic heterocycles.